The predicted molar refractivity (Wildman–Crippen MR) is 111 cm³/mol. The fourth-order valence-electron chi connectivity index (χ4n) is 3.43. The molecule has 0 bridgehead atoms. The number of hydrogen-bond acceptors (Lipinski definition) is 6. The van der Waals surface area contributed by atoms with Crippen LogP contribution >= 0.6 is 0 Å². The first-order chi connectivity index (χ1) is 14.6. The van der Waals surface area contributed by atoms with Gasteiger partial charge in [0.15, 0.2) is 11.5 Å². The highest BCUT2D eigenvalue weighted by Crippen LogP contribution is 2.32. The summed E-state index contributed by atoms with van der Waals surface area (Å²) in [6.07, 6.45) is 0. The molecule has 30 heavy (non-hydrogen) atoms. The highest BCUT2D eigenvalue weighted by molar-refractivity contribution is 5.97. The Balaban J connectivity index is 1.26. The number of carbonyl (C=O) groups is 2. The van der Waals surface area contributed by atoms with E-state index in [4.69, 9.17) is 14.2 Å². The van der Waals surface area contributed by atoms with Gasteiger partial charge in [0.1, 0.15) is 0 Å². The van der Waals surface area contributed by atoms with E-state index in [2.05, 4.69) is 22.3 Å². The average molecular weight is 411 g/mol. The number of anilines is 1. The number of benzene rings is 2. The van der Waals surface area contributed by atoms with Crippen molar-refractivity contribution in [2.24, 2.45) is 0 Å². The van der Waals surface area contributed by atoms with E-state index < -0.39 is 0 Å². The molecule has 1 fully saturated rings. The summed E-state index contributed by atoms with van der Waals surface area (Å²) in [6.45, 7) is 3.82. The van der Waals surface area contributed by atoms with Crippen molar-refractivity contribution in [3.63, 3.8) is 0 Å². The molecule has 1 saturated heterocycles. The van der Waals surface area contributed by atoms with Gasteiger partial charge in [-0.05, 0) is 35.9 Å². The first kappa shape index (κ1) is 20.0. The first-order valence-electron chi connectivity index (χ1n) is 9.93. The third kappa shape index (κ3) is 4.65. The lowest BCUT2D eigenvalue weighted by Gasteiger charge is -2.29. The zero-order valence-corrected chi connectivity index (χ0v) is 16.9. The highest BCUT2D eigenvalue weighted by Gasteiger charge is 2.17. The molecule has 2 aromatic rings. The van der Waals surface area contributed by atoms with Gasteiger partial charge >= 0.3 is 0 Å². The van der Waals surface area contributed by atoms with Crippen molar-refractivity contribution >= 4 is 17.5 Å². The topological polar surface area (TPSA) is 80.3 Å². The van der Waals surface area contributed by atoms with Crippen molar-refractivity contribution in [3.8, 4) is 11.5 Å². The second kappa shape index (κ2) is 9.04. The number of rotatable bonds is 6. The van der Waals surface area contributed by atoms with Crippen molar-refractivity contribution in [2.45, 2.75) is 6.54 Å². The van der Waals surface area contributed by atoms with Crippen LogP contribution in [-0.4, -0.2) is 63.4 Å². The standard InChI is InChI=1S/C22H25N3O5/c1-24(14-16-2-5-18(6-3-16)25-8-10-28-11-9-25)21(26)13-23-22(27)17-4-7-19-20(12-17)30-15-29-19/h2-7,12H,8-11,13-15H2,1H3,(H,23,27). The lowest BCUT2D eigenvalue weighted by atomic mass is 10.1. The number of amides is 2. The van der Waals surface area contributed by atoms with Gasteiger partial charge in [0, 0.05) is 37.9 Å². The smallest absolute Gasteiger partial charge is 0.251 e. The fraction of sp³-hybridized carbons (Fsp3) is 0.364. The van der Waals surface area contributed by atoms with Crippen LogP contribution in [0.4, 0.5) is 5.69 Å². The molecule has 8 nitrogen and oxygen atoms in total. The third-order valence-electron chi connectivity index (χ3n) is 5.19. The summed E-state index contributed by atoms with van der Waals surface area (Å²) in [7, 11) is 1.73. The maximum atomic E-state index is 12.4. The number of fused-ring (bicyclic) bond motifs is 1. The summed E-state index contributed by atoms with van der Waals surface area (Å²) in [6, 6.07) is 13.1. The van der Waals surface area contributed by atoms with E-state index in [1.54, 1.807) is 30.1 Å². The number of hydrogen-bond donors (Lipinski definition) is 1. The van der Waals surface area contributed by atoms with Gasteiger partial charge in [0.05, 0.1) is 19.8 Å². The van der Waals surface area contributed by atoms with Crippen molar-refractivity contribution in [1.29, 1.82) is 0 Å². The molecule has 4 rings (SSSR count). The zero-order chi connectivity index (χ0) is 20.9. The molecule has 0 saturated carbocycles. The fourth-order valence-corrected chi connectivity index (χ4v) is 3.43. The number of ether oxygens (including phenoxy) is 3. The summed E-state index contributed by atoms with van der Waals surface area (Å²) in [5.41, 5.74) is 2.62. The van der Waals surface area contributed by atoms with Gasteiger partial charge < -0.3 is 29.3 Å². The molecular formula is C22H25N3O5. The molecule has 0 radical (unpaired) electrons. The molecule has 0 atom stereocenters. The lowest BCUT2D eigenvalue weighted by Crippen LogP contribution is -2.38. The van der Waals surface area contributed by atoms with Gasteiger partial charge in [-0.2, -0.15) is 0 Å². The number of nitrogens with one attached hydrogen (secondary N) is 1. The largest absolute Gasteiger partial charge is 0.454 e. The molecule has 1 N–H and O–H groups in total. The molecule has 2 aromatic carbocycles. The molecule has 2 aliphatic heterocycles. The minimum absolute atomic E-state index is 0.0738. The summed E-state index contributed by atoms with van der Waals surface area (Å²) in [5.74, 6) is 0.653. The summed E-state index contributed by atoms with van der Waals surface area (Å²) in [4.78, 5) is 28.6. The highest BCUT2D eigenvalue weighted by atomic mass is 16.7. The van der Waals surface area contributed by atoms with Crippen LogP contribution in [0, 0.1) is 0 Å². The first-order valence-corrected chi connectivity index (χ1v) is 9.93. The van der Waals surface area contributed by atoms with E-state index in [0.717, 1.165) is 37.6 Å². The molecule has 0 aromatic heterocycles. The second-order valence-corrected chi connectivity index (χ2v) is 7.27. The lowest BCUT2D eigenvalue weighted by molar-refractivity contribution is -0.129. The van der Waals surface area contributed by atoms with E-state index in [9.17, 15) is 9.59 Å². The van der Waals surface area contributed by atoms with E-state index >= 15 is 0 Å². The number of nitrogens with zero attached hydrogens (tertiary/aromatic N) is 2. The minimum atomic E-state index is -0.329. The predicted octanol–water partition coefficient (Wildman–Crippen LogP) is 1.64. The van der Waals surface area contributed by atoms with Gasteiger partial charge in [-0.3, -0.25) is 9.59 Å². The van der Waals surface area contributed by atoms with Crippen molar-refractivity contribution in [3.05, 3.63) is 53.6 Å². The third-order valence-corrected chi connectivity index (χ3v) is 5.19. The molecule has 0 aliphatic carbocycles. The normalized spacial score (nSPS) is 15.0. The van der Waals surface area contributed by atoms with Crippen LogP contribution in [0.15, 0.2) is 42.5 Å². The van der Waals surface area contributed by atoms with Crippen molar-refractivity contribution in [2.75, 3.05) is 51.6 Å². The van der Waals surface area contributed by atoms with Gasteiger partial charge in [0.2, 0.25) is 12.7 Å². The summed E-state index contributed by atoms with van der Waals surface area (Å²) < 4.78 is 15.9. The Morgan fingerprint density at radius 3 is 2.53 bits per heavy atom. The van der Waals surface area contributed by atoms with Gasteiger partial charge in [0.25, 0.3) is 5.91 Å². The Morgan fingerprint density at radius 2 is 1.77 bits per heavy atom. The van der Waals surface area contributed by atoms with E-state index in [1.165, 1.54) is 0 Å². The number of likely N-dealkylation sites (N-methyl/N-ethyl adjacent to an activating group) is 1. The molecule has 158 valence electrons. The minimum Gasteiger partial charge on any atom is -0.454 e. The quantitative estimate of drug-likeness (QED) is 0.779. The van der Waals surface area contributed by atoms with E-state index in [1.807, 2.05) is 12.1 Å². The average Bonchev–Trinajstić information content (AvgIpc) is 3.26. The zero-order valence-electron chi connectivity index (χ0n) is 16.9. The summed E-state index contributed by atoms with van der Waals surface area (Å²) in [5, 5.41) is 2.66. The molecule has 0 spiro atoms. The number of morpholine rings is 1. The van der Waals surface area contributed by atoms with Crippen LogP contribution in [0.25, 0.3) is 0 Å². The van der Waals surface area contributed by atoms with E-state index in [-0.39, 0.29) is 25.2 Å². The molecular weight excluding hydrogens is 386 g/mol. The molecule has 8 heteroatoms. The Kier molecular flexibility index (Phi) is 6.04. The van der Waals surface area contributed by atoms with Gasteiger partial charge in [-0.15, -0.1) is 0 Å². The number of carbonyl (C=O) groups excluding carboxylic acids is 2. The molecule has 2 heterocycles. The summed E-state index contributed by atoms with van der Waals surface area (Å²) >= 11 is 0. The monoisotopic (exact) mass is 411 g/mol. The Hall–Kier alpha value is -3.26. The Morgan fingerprint density at radius 1 is 1.03 bits per heavy atom. The SMILES string of the molecule is CN(Cc1ccc(N2CCOCC2)cc1)C(=O)CNC(=O)c1ccc2c(c1)OCO2. The van der Waals surface area contributed by atoms with Crippen LogP contribution in [0.5, 0.6) is 11.5 Å². The molecule has 2 amide bonds. The van der Waals surface area contributed by atoms with Crippen LogP contribution in [0.1, 0.15) is 15.9 Å². The van der Waals surface area contributed by atoms with Crippen LogP contribution in [0.3, 0.4) is 0 Å². The van der Waals surface area contributed by atoms with Crippen LogP contribution < -0.4 is 19.7 Å². The van der Waals surface area contributed by atoms with Crippen molar-refractivity contribution < 1.29 is 23.8 Å². The van der Waals surface area contributed by atoms with Gasteiger partial charge in [-0.1, -0.05) is 12.1 Å². The maximum absolute atomic E-state index is 12.4. The van der Waals surface area contributed by atoms with Gasteiger partial charge in [-0.25, -0.2) is 0 Å². The van der Waals surface area contributed by atoms with Crippen molar-refractivity contribution in [1.82, 2.24) is 10.2 Å². The maximum Gasteiger partial charge on any atom is 0.251 e. The van der Waals surface area contributed by atoms with Crippen LogP contribution in [0.2, 0.25) is 0 Å². The van der Waals surface area contributed by atoms with E-state index in [0.29, 0.717) is 23.6 Å². The molecule has 2 aliphatic rings. The second-order valence-electron chi connectivity index (χ2n) is 7.27. The molecule has 0 unspecified atom stereocenters. The Bertz CT molecular complexity index is 909. The Labute approximate surface area is 175 Å². The van der Waals surface area contributed by atoms with Crippen LogP contribution in [-0.2, 0) is 16.1 Å².